The molecule has 1 heterocycles. The standard InChI is InChI=1S/C21H22N2O3/c1-3-23(12-13-24)21(25)18-7-5-4-6-17(18)20-22-14-19(26-20)16-10-8-15(2)9-11-16/h4-11,14,24H,3,12-13H2,1-2H3. The molecular formula is C21H22N2O3. The topological polar surface area (TPSA) is 66.6 Å². The minimum absolute atomic E-state index is 0.0711. The molecule has 26 heavy (non-hydrogen) atoms. The Kier molecular flexibility index (Phi) is 5.49. The summed E-state index contributed by atoms with van der Waals surface area (Å²) in [4.78, 5) is 18.8. The van der Waals surface area contributed by atoms with Gasteiger partial charge in [0.1, 0.15) is 0 Å². The number of rotatable bonds is 6. The summed E-state index contributed by atoms with van der Waals surface area (Å²) in [6.07, 6.45) is 1.67. The zero-order valence-electron chi connectivity index (χ0n) is 15.0. The van der Waals surface area contributed by atoms with E-state index in [0.717, 1.165) is 5.56 Å². The SMILES string of the molecule is CCN(CCO)C(=O)c1ccccc1-c1ncc(-c2ccc(C)cc2)o1. The van der Waals surface area contributed by atoms with Crippen LogP contribution in [0.5, 0.6) is 0 Å². The summed E-state index contributed by atoms with van der Waals surface area (Å²) in [5, 5.41) is 9.17. The number of nitrogens with zero attached hydrogens (tertiary/aromatic N) is 2. The molecule has 0 aliphatic carbocycles. The molecule has 2 aromatic carbocycles. The van der Waals surface area contributed by atoms with E-state index < -0.39 is 0 Å². The Morgan fingerprint density at radius 2 is 1.88 bits per heavy atom. The van der Waals surface area contributed by atoms with Crippen LogP contribution in [0.25, 0.3) is 22.8 Å². The van der Waals surface area contributed by atoms with E-state index in [-0.39, 0.29) is 12.5 Å². The van der Waals surface area contributed by atoms with Crippen LogP contribution in [0.15, 0.2) is 59.1 Å². The van der Waals surface area contributed by atoms with E-state index in [2.05, 4.69) is 4.98 Å². The van der Waals surface area contributed by atoms with Crippen molar-refractivity contribution in [3.05, 3.63) is 65.9 Å². The van der Waals surface area contributed by atoms with Crippen molar-refractivity contribution in [2.45, 2.75) is 13.8 Å². The van der Waals surface area contributed by atoms with Crippen molar-refractivity contribution in [2.75, 3.05) is 19.7 Å². The molecule has 0 fully saturated rings. The van der Waals surface area contributed by atoms with Crippen LogP contribution >= 0.6 is 0 Å². The minimum atomic E-state index is -0.146. The van der Waals surface area contributed by atoms with Crippen molar-refractivity contribution in [3.8, 4) is 22.8 Å². The number of hydrogen-bond acceptors (Lipinski definition) is 4. The number of carbonyl (C=O) groups is 1. The first-order chi connectivity index (χ1) is 12.6. The van der Waals surface area contributed by atoms with E-state index in [1.54, 1.807) is 17.2 Å². The second-order valence-electron chi connectivity index (χ2n) is 6.05. The van der Waals surface area contributed by atoms with Crippen molar-refractivity contribution in [1.82, 2.24) is 9.88 Å². The highest BCUT2D eigenvalue weighted by Gasteiger charge is 2.20. The fourth-order valence-corrected chi connectivity index (χ4v) is 2.80. The third kappa shape index (κ3) is 3.68. The van der Waals surface area contributed by atoms with Crippen LogP contribution in [-0.2, 0) is 0 Å². The summed E-state index contributed by atoms with van der Waals surface area (Å²) < 4.78 is 5.93. The molecule has 0 spiro atoms. The predicted molar refractivity (Wildman–Crippen MR) is 101 cm³/mol. The van der Waals surface area contributed by atoms with Crippen LogP contribution in [0.3, 0.4) is 0 Å². The number of aliphatic hydroxyl groups excluding tert-OH is 1. The fraction of sp³-hybridized carbons (Fsp3) is 0.238. The van der Waals surface area contributed by atoms with Gasteiger partial charge in [-0.1, -0.05) is 42.0 Å². The molecule has 0 aliphatic rings. The molecule has 3 rings (SSSR count). The maximum Gasteiger partial charge on any atom is 0.254 e. The van der Waals surface area contributed by atoms with Gasteiger partial charge >= 0.3 is 0 Å². The first kappa shape index (κ1) is 17.9. The zero-order chi connectivity index (χ0) is 18.5. The van der Waals surface area contributed by atoms with Gasteiger partial charge in [0.05, 0.1) is 18.4 Å². The summed E-state index contributed by atoms with van der Waals surface area (Å²) >= 11 is 0. The highest BCUT2D eigenvalue weighted by atomic mass is 16.4. The van der Waals surface area contributed by atoms with E-state index in [4.69, 9.17) is 4.42 Å². The molecule has 0 bridgehead atoms. The average Bonchev–Trinajstić information content (AvgIpc) is 3.16. The lowest BCUT2D eigenvalue weighted by atomic mass is 10.1. The molecule has 0 unspecified atom stereocenters. The molecule has 0 radical (unpaired) electrons. The number of oxazole rings is 1. The summed E-state index contributed by atoms with van der Waals surface area (Å²) in [5.41, 5.74) is 3.27. The number of benzene rings is 2. The van der Waals surface area contributed by atoms with Crippen LogP contribution in [-0.4, -0.2) is 40.6 Å². The van der Waals surface area contributed by atoms with Gasteiger partial charge in [-0.3, -0.25) is 4.79 Å². The number of likely N-dealkylation sites (N-methyl/N-ethyl adjacent to an activating group) is 1. The maximum absolute atomic E-state index is 12.8. The van der Waals surface area contributed by atoms with Crippen molar-refractivity contribution in [2.24, 2.45) is 0 Å². The number of hydrogen-bond donors (Lipinski definition) is 1. The molecule has 0 atom stereocenters. The summed E-state index contributed by atoms with van der Waals surface area (Å²) in [6, 6.07) is 15.2. The van der Waals surface area contributed by atoms with Gasteiger partial charge < -0.3 is 14.4 Å². The third-order valence-corrected chi connectivity index (χ3v) is 4.27. The lowest BCUT2D eigenvalue weighted by Crippen LogP contribution is -2.33. The Morgan fingerprint density at radius 1 is 1.15 bits per heavy atom. The van der Waals surface area contributed by atoms with Crippen molar-refractivity contribution in [3.63, 3.8) is 0 Å². The smallest absolute Gasteiger partial charge is 0.254 e. The van der Waals surface area contributed by atoms with Crippen LogP contribution < -0.4 is 0 Å². The number of aliphatic hydroxyl groups is 1. The van der Waals surface area contributed by atoms with Gasteiger partial charge in [-0.25, -0.2) is 4.98 Å². The van der Waals surface area contributed by atoms with Gasteiger partial charge in [0.2, 0.25) is 5.89 Å². The van der Waals surface area contributed by atoms with Crippen LogP contribution in [0.4, 0.5) is 0 Å². The third-order valence-electron chi connectivity index (χ3n) is 4.27. The van der Waals surface area contributed by atoms with Crippen molar-refractivity contribution >= 4 is 5.91 Å². The molecule has 5 heteroatoms. The molecule has 3 aromatic rings. The molecular weight excluding hydrogens is 328 g/mol. The largest absolute Gasteiger partial charge is 0.436 e. The highest BCUT2D eigenvalue weighted by molar-refractivity contribution is 6.00. The van der Waals surface area contributed by atoms with E-state index in [1.807, 2.05) is 56.3 Å². The van der Waals surface area contributed by atoms with E-state index in [9.17, 15) is 9.90 Å². The lowest BCUT2D eigenvalue weighted by Gasteiger charge is -2.20. The molecule has 1 aromatic heterocycles. The Bertz CT molecular complexity index is 884. The molecule has 5 nitrogen and oxygen atoms in total. The number of aryl methyl sites for hydroxylation is 1. The Morgan fingerprint density at radius 3 is 2.58 bits per heavy atom. The van der Waals surface area contributed by atoms with Gasteiger partial charge in [0.25, 0.3) is 5.91 Å². The summed E-state index contributed by atoms with van der Waals surface area (Å²) in [7, 11) is 0. The van der Waals surface area contributed by atoms with Gasteiger partial charge in [-0.2, -0.15) is 0 Å². The average molecular weight is 350 g/mol. The van der Waals surface area contributed by atoms with Gasteiger partial charge in [0, 0.05) is 24.2 Å². The summed E-state index contributed by atoms with van der Waals surface area (Å²) in [5.74, 6) is 0.918. The first-order valence-corrected chi connectivity index (χ1v) is 8.66. The second-order valence-corrected chi connectivity index (χ2v) is 6.05. The van der Waals surface area contributed by atoms with E-state index in [0.29, 0.717) is 35.9 Å². The monoisotopic (exact) mass is 350 g/mol. The number of amides is 1. The summed E-state index contributed by atoms with van der Waals surface area (Å²) in [6.45, 7) is 4.66. The van der Waals surface area contributed by atoms with E-state index >= 15 is 0 Å². The molecule has 1 amide bonds. The Balaban J connectivity index is 1.96. The quantitative estimate of drug-likeness (QED) is 0.735. The molecule has 0 saturated heterocycles. The number of aromatic nitrogens is 1. The molecule has 0 aliphatic heterocycles. The lowest BCUT2D eigenvalue weighted by molar-refractivity contribution is 0.0732. The first-order valence-electron chi connectivity index (χ1n) is 8.66. The van der Waals surface area contributed by atoms with Crippen LogP contribution in [0.1, 0.15) is 22.8 Å². The van der Waals surface area contributed by atoms with Crippen molar-refractivity contribution < 1.29 is 14.3 Å². The van der Waals surface area contributed by atoms with Gasteiger partial charge in [-0.15, -0.1) is 0 Å². The zero-order valence-corrected chi connectivity index (χ0v) is 15.0. The Hall–Kier alpha value is -2.92. The van der Waals surface area contributed by atoms with Crippen molar-refractivity contribution in [1.29, 1.82) is 0 Å². The fourth-order valence-electron chi connectivity index (χ4n) is 2.80. The van der Waals surface area contributed by atoms with Gasteiger partial charge in [0.15, 0.2) is 5.76 Å². The van der Waals surface area contributed by atoms with Crippen LogP contribution in [0, 0.1) is 6.92 Å². The van der Waals surface area contributed by atoms with E-state index in [1.165, 1.54) is 5.56 Å². The minimum Gasteiger partial charge on any atom is -0.436 e. The second kappa shape index (κ2) is 7.97. The maximum atomic E-state index is 12.8. The molecule has 1 N–H and O–H groups in total. The predicted octanol–water partition coefficient (Wildman–Crippen LogP) is 3.77. The molecule has 134 valence electrons. The molecule has 0 saturated carbocycles. The normalized spacial score (nSPS) is 10.7. The highest BCUT2D eigenvalue weighted by Crippen LogP contribution is 2.29. The van der Waals surface area contributed by atoms with Crippen LogP contribution in [0.2, 0.25) is 0 Å². The Labute approximate surface area is 152 Å². The number of carbonyl (C=O) groups excluding carboxylic acids is 1. The van der Waals surface area contributed by atoms with Gasteiger partial charge in [-0.05, 0) is 26.0 Å².